The molecular weight excluding hydrogens is 293 g/mol. The second kappa shape index (κ2) is 7.02. The summed E-state index contributed by atoms with van der Waals surface area (Å²) in [6.45, 7) is 0.309. The van der Waals surface area contributed by atoms with Crippen LogP contribution in [0.5, 0.6) is 0 Å². The van der Waals surface area contributed by atoms with E-state index in [9.17, 15) is 17.6 Å². The van der Waals surface area contributed by atoms with Crippen LogP contribution in [-0.4, -0.2) is 26.6 Å². The lowest BCUT2D eigenvalue weighted by atomic mass is 10.1. The van der Waals surface area contributed by atoms with Crippen molar-refractivity contribution in [3.05, 3.63) is 30.1 Å². The van der Waals surface area contributed by atoms with E-state index in [2.05, 4.69) is 5.32 Å². The summed E-state index contributed by atoms with van der Waals surface area (Å²) in [5.74, 6) is -0.810. The van der Waals surface area contributed by atoms with Crippen LogP contribution in [0.1, 0.15) is 32.1 Å². The molecule has 21 heavy (non-hydrogen) atoms. The summed E-state index contributed by atoms with van der Waals surface area (Å²) < 4.78 is 37.5. The van der Waals surface area contributed by atoms with E-state index in [0.717, 1.165) is 31.7 Å². The summed E-state index contributed by atoms with van der Waals surface area (Å²) in [7, 11) is -3.63. The van der Waals surface area contributed by atoms with E-state index in [-0.39, 0.29) is 28.9 Å². The molecule has 0 spiro atoms. The number of amides is 1. The zero-order valence-electron chi connectivity index (χ0n) is 11.8. The van der Waals surface area contributed by atoms with Gasteiger partial charge in [0.2, 0.25) is 5.91 Å². The monoisotopic (exact) mass is 313 g/mol. The van der Waals surface area contributed by atoms with Crippen LogP contribution in [-0.2, 0) is 14.6 Å². The Morgan fingerprint density at radius 1 is 1.24 bits per heavy atom. The predicted octanol–water partition coefficient (Wildman–Crippen LogP) is 2.30. The number of nitrogens with one attached hydrogen (secondary N) is 1. The highest BCUT2D eigenvalue weighted by atomic mass is 32.2. The third-order valence-electron chi connectivity index (χ3n) is 3.79. The summed E-state index contributed by atoms with van der Waals surface area (Å²) in [4.78, 5) is 11.5. The largest absolute Gasteiger partial charge is 0.356 e. The van der Waals surface area contributed by atoms with Gasteiger partial charge in [-0.05, 0) is 31.4 Å². The van der Waals surface area contributed by atoms with Gasteiger partial charge in [-0.3, -0.25) is 4.79 Å². The topological polar surface area (TPSA) is 63.2 Å². The molecule has 1 amide bonds. The Bertz CT molecular complexity index is 595. The van der Waals surface area contributed by atoms with Crippen molar-refractivity contribution in [3.63, 3.8) is 0 Å². The predicted molar refractivity (Wildman–Crippen MR) is 78.0 cm³/mol. The Hall–Kier alpha value is -1.43. The SMILES string of the molecule is O=C(NCCCS(=O)(=O)c1ccccc1F)C1CCCC1. The molecule has 1 aliphatic rings. The zero-order valence-corrected chi connectivity index (χ0v) is 12.7. The normalized spacial score (nSPS) is 16.0. The Labute approximate surface area is 124 Å². The van der Waals surface area contributed by atoms with Gasteiger partial charge in [-0.2, -0.15) is 0 Å². The molecule has 1 aromatic carbocycles. The minimum atomic E-state index is -3.63. The van der Waals surface area contributed by atoms with Crippen molar-refractivity contribution in [2.75, 3.05) is 12.3 Å². The fourth-order valence-electron chi connectivity index (χ4n) is 2.61. The Morgan fingerprint density at radius 2 is 1.90 bits per heavy atom. The number of benzene rings is 1. The van der Waals surface area contributed by atoms with Crippen LogP contribution in [0.4, 0.5) is 4.39 Å². The van der Waals surface area contributed by atoms with E-state index in [1.54, 1.807) is 0 Å². The first-order valence-corrected chi connectivity index (χ1v) is 8.91. The van der Waals surface area contributed by atoms with E-state index in [1.165, 1.54) is 18.2 Å². The quantitative estimate of drug-likeness (QED) is 0.820. The molecule has 0 bridgehead atoms. The summed E-state index contributed by atoms with van der Waals surface area (Å²) in [5.41, 5.74) is 0. The van der Waals surface area contributed by atoms with Crippen LogP contribution in [0.3, 0.4) is 0 Å². The van der Waals surface area contributed by atoms with Crippen LogP contribution >= 0.6 is 0 Å². The first kappa shape index (κ1) is 15.9. The highest BCUT2D eigenvalue weighted by molar-refractivity contribution is 7.91. The number of halogens is 1. The van der Waals surface area contributed by atoms with Crippen LogP contribution < -0.4 is 5.32 Å². The van der Waals surface area contributed by atoms with Gasteiger partial charge in [-0.25, -0.2) is 12.8 Å². The summed E-state index contributed by atoms with van der Waals surface area (Å²) >= 11 is 0. The third kappa shape index (κ3) is 4.27. The van der Waals surface area contributed by atoms with Crippen LogP contribution in [0.2, 0.25) is 0 Å². The maximum absolute atomic E-state index is 13.5. The second-order valence-electron chi connectivity index (χ2n) is 5.38. The molecule has 1 N–H and O–H groups in total. The summed E-state index contributed by atoms with van der Waals surface area (Å²) in [5, 5.41) is 2.77. The molecule has 1 aliphatic carbocycles. The minimum absolute atomic E-state index is 0.00999. The van der Waals surface area contributed by atoms with Gasteiger partial charge in [-0.1, -0.05) is 25.0 Å². The van der Waals surface area contributed by atoms with Gasteiger partial charge < -0.3 is 5.32 Å². The van der Waals surface area contributed by atoms with Crippen molar-refractivity contribution in [2.45, 2.75) is 37.0 Å². The maximum Gasteiger partial charge on any atom is 0.223 e. The van der Waals surface area contributed by atoms with Crippen LogP contribution in [0.15, 0.2) is 29.2 Å². The molecule has 0 aromatic heterocycles. The maximum atomic E-state index is 13.5. The summed E-state index contributed by atoms with van der Waals surface area (Å²) in [6.07, 6.45) is 4.29. The lowest BCUT2D eigenvalue weighted by Gasteiger charge is -2.10. The molecule has 1 fully saturated rings. The van der Waals surface area contributed by atoms with Gasteiger partial charge in [0.15, 0.2) is 9.84 Å². The Kier molecular flexibility index (Phi) is 5.33. The first-order chi connectivity index (χ1) is 10.0. The number of rotatable bonds is 6. The average Bonchev–Trinajstić information content (AvgIpc) is 2.98. The van der Waals surface area contributed by atoms with Gasteiger partial charge >= 0.3 is 0 Å². The van der Waals surface area contributed by atoms with Crippen molar-refractivity contribution >= 4 is 15.7 Å². The van der Waals surface area contributed by atoms with Gasteiger partial charge in [0, 0.05) is 12.5 Å². The highest BCUT2D eigenvalue weighted by Gasteiger charge is 2.22. The van der Waals surface area contributed by atoms with Crippen molar-refractivity contribution < 1.29 is 17.6 Å². The van der Waals surface area contributed by atoms with Crippen molar-refractivity contribution in [1.82, 2.24) is 5.32 Å². The van der Waals surface area contributed by atoms with Gasteiger partial charge in [0.1, 0.15) is 10.7 Å². The zero-order chi connectivity index (χ0) is 15.3. The molecule has 6 heteroatoms. The highest BCUT2D eigenvalue weighted by Crippen LogP contribution is 2.24. The number of sulfone groups is 1. The average molecular weight is 313 g/mol. The number of carbonyl (C=O) groups excluding carboxylic acids is 1. The molecule has 0 unspecified atom stereocenters. The number of hydrogen-bond donors (Lipinski definition) is 1. The first-order valence-electron chi connectivity index (χ1n) is 7.26. The molecule has 1 saturated carbocycles. The molecule has 0 atom stereocenters. The van der Waals surface area contributed by atoms with Gasteiger partial charge in [-0.15, -0.1) is 0 Å². The number of hydrogen-bond acceptors (Lipinski definition) is 3. The Morgan fingerprint density at radius 3 is 2.57 bits per heavy atom. The minimum Gasteiger partial charge on any atom is -0.356 e. The van der Waals surface area contributed by atoms with E-state index in [0.29, 0.717) is 6.54 Å². The molecule has 0 saturated heterocycles. The van der Waals surface area contributed by atoms with E-state index in [4.69, 9.17) is 0 Å². The van der Waals surface area contributed by atoms with E-state index < -0.39 is 15.7 Å². The molecule has 0 radical (unpaired) electrons. The lowest BCUT2D eigenvalue weighted by Crippen LogP contribution is -2.31. The molecule has 1 aromatic rings. The summed E-state index contributed by atoms with van der Waals surface area (Å²) in [6, 6.07) is 5.35. The second-order valence-corrected chi connectivity index (χ2v) is 7.45. The molecule has 0 aliphatic heterocycles. The van der Waals surface area contributed by atoms with Crippen molar-refractivity contribution in [2.24, 2.45) is 5.92 Å². The number of carbonyl (C=O) groups is 1. The molecule has 2 rings (SSSR count). The standard InChI is InChI=1S/C15H20FNO3S/c16-13-8-3-4-9-14(13)21(19,20)11-5-10-17-15(18)12-6-1-2-7-12/h3-4,8-9,12H,1-2,5-7,10-11H2,(H,17,18). The van der Waals surface area contributed by atoms with Gasteiger partial charge in [0.25, 0.3) is 0 Å². The van der Waals surface area contributed by atoms with Crippen molar-refractivity contribution in [3.8, 4) is 0 Å². The molecule has 0 heterocycles. The van der Waals surface area contributed by atoms with Crippen LogP contribution in [0.25, 0.3) is 0 Å². The molecule has 116 valence electrons. The fourth-order valence-corrected chi connectivity index (χ4v) is 4.01. The fraction of sp³-hybridized carbons (Fsp3) is 0.533. The molecule has 4 nitrogen and oxygen atoms in total. The van der Waals surface area contributed by atoms with Crippen LogP contribution in [0, 0.1) is 11.7 Å². The third-order valence-corrected chi connectivity index (χ3v) is 5.61. The smallest absolute Gasteiger partial charge is 0.223 e. The lowest BCUT2D eigenvalue weighted by molar-refractivity contribution is -0.124. The van der Waals surface area contributed by atoms with Gasteiger partial charge in [0.05, 0.1) is 5.75 Å². The van der Waals surface area contributed by atoms with E-state index >= 15 is 0 Å². The van der Waals surface area contributed by atoms with E-state index in [1.807, 2.05) is 0 Å². The Balaban J connectivity index is 1.80. The molecular formula is C15H20FNO3S. The van der Waals surface area contributed by atoms with Crippen molar-refractivity contribution in [1.29, 1.82) is 0 Å².